The Morgan fingerprint density at radius 1 is 0.941 bits per heavy atom. The highest BCUT2D eigenvalue weighted by atomic mass is 14.3. The summed E-state index contributed by atoms with van der Waals surface area (Å²) in [6.45, 7) is 16.4. The van der Waals surface area contributed by atoms with Crippen molar-refractivity contribution in [2.75, 3.05) is 0 Å². The molecule has 0 fully saturated rings. The van der Waals surface area contributed by atoms with Crippen molar-refractivity contribution in [3.8, 4) is 0 Å². The number of allylic oxidation sites excluding steroid dienone is 2. The third kappa shape index (κ3) is 5.27. The van der Waals surface area contributed by atoms with Gasteiger partial charge in [0.2, 0.25) is 0 Å². The molecular formula is C17H34. The van der Waals surface area contributed by atoms with Crippen molar-refractivity contribution in [2.45, 2.75) is 80.6 Å². The van der Waals surface area contributed by atoms with Gasteiger partial charge in [-0.05, 0) is 44.9 Å². The maximum absolute atomic E-state index is 2.44. The SMILES string of the molecule is CCCCC(CC)C(C(C)=C(C)C)C(C)CC. The summed E-state index contributed by atoms with van der Waals surface area (Å²) >= 11 is 0. The second kappa shape index (κ2) is 8.78. The maximum Gasteiger partial charge on any atom is -0.0150 e. The normalized spacial score (nSPS) is 16.4. The van der Waals surface area contributed by atoms with E-state index >= 15 is 0 Å². The van der Waals surface area contributed by atoms with Gasteiger partial charge in [-0.3, -0.25) is 0 Å². The van der Waals surface area contributed by atoms with Crippen molar-refractivity contribution in [2.24, 2.45) is 17.8 Å². The van der Waals surface area contributed by atoms with Crippen molar-refractivity contribution < 1.29 is 0 Å². The highest BCUT2D eigenvalue weighted by Crippen LogP contribution is 2.36. The molecule has 3 atom stereocenters. The molecule has 0 radical (unpaired) electrons. The van der Waals surface area contributed by atoms with Crippen LogP contribution in [-0.4, -0.2) is 0 Å². The van der Waals surface area contributed by atoms with Crippen LogP contribution in [0.4, 0.5) is 0 Å². The zero-order valence-corrected chi connectivity index (χ0v) is 13.3. The van der Waals surface area contributed by atoms with Gasteiger partial charge in [0, 0.05) is 0 Å². The Hall–Kier alpha value is -0.260. The summed E-state index contributed by atoms with van der Waals surface area (Å²) in [6.07, 6.45) is 6.77. The van der Waals surface area contributed by atoms with Crippen LogP contribution >= 0.6 is 0 Å². The number of unbranched alkanes of at least 4 members (excludes halogenated alkanes) is 1. The molecule has 0 saturated carbocycles. The van der Waals surface area contributed by atoms with Crippen LogP contribution in [-0.2, 0) is 0 Å². The third-order valence-corrected chi connectivity index (χ3v) is 4.51. The molecule has 0 heteroatoms. The molecule has 0 aliphatic carbocycles. The van der Waals surface area contributed by atoms with Gasteiger partial charge in [-0.15, -0.1) is 0 Å². The molecule has 0 aliphatic rings. The Bertz CT molecular complexity index is 220. The fourth-order valence-electron chi connectivity index (χ4n) is 2.94. The van der Waals surface area contributed by atoms with Crippen LogP contribution in [0.3, 0.4) is 0 Å². The van der Waals surface area contributed by atoms with Crippen molar-refractivity contribution in [1.29, 1.82) is 0 Å². The Labute approximate surface area is 110 Å². The van der Waals surface area contributed by atoms with Gasteiger partial charge in [-0.2, -0.15) is 0 Å². The zero-order valence-electron chi connectivity index (χ0n) is 13.3. The van der Waals surface area contributed by atoms with Crippen LogP contribution in [0.5, 0.6) is 0 Å². The molecule has 17 heavy (non-hydrogen) atoms. The molecule has 0 aromatic rings. The lowest BCUT2D eigenvalue weighted by atomic mass is 9.72. The maximum atomic E-state index is 2.44. The summed E-state index contributed by atoms with van der Waals surface area (Å²) in [7, 11) is 0. The average molecular weight is 238 g/mol. The molecule has 0 aromatic carbocycles. The third-order valence-electron chi connectivity index (χ3n) is 4.51. The van der Waals surface area contributed by atoms with E-state index in [0.717, 1.165) is 17.8 Å². The van der Waals surface area contributed by atoms with Crippen molar-refractivity contribution in [1.82, 2.24) is 0 Å². The van der Waals surface area contributed by atoms with Crippen LogP contribution in [0, 0.1) is 17.8 Å². The van der Waals surface area contributed by atoms with Gasteiger partial charge in [0.05, 0.1) is 0 Å². The molecular weight excluding hydrogens is 204 g/mol. The summed E-state index contributed by atoms with van der Waals surface area (Å²) in [6, 6.07) is 0. The van der Waals surface area contributed by atoms with Crippen LogP contribution in [0.2, 0.25) is 0 Å². The monoisotopic (exact) mass is 238 g/mol. The lowest BCUT2D eigenvalue weighted by molar-refractivity contribution is 0.248. The quantitative estimate of drug-likeness (QED) is 0.440. The molecule has 0 nitrogen and oxygen atoms in total. The largest absolute Gasteiger partial charge is 0.0772 e. The van der Waals surface area contributed by atoms with E-state index in [2.05, 4.69) is 48.5 Å². The summed E-state index contributed by atoms with van der Waals surface area (Å²) in [5.41, 5.74) is 3.19. The van der Waals surface area contributed by atoms with Crippen molar-refractivity contribution in [3.63, 3.8) is 0 Å². The minimum atomic E-state index is 0.807. The number of rotatable bonds is 8. The fraction of sp³-hybridized carbons (Fsp3) is 0.882. The Morgan fingerprint density at radius 3 is 1.88 bits per heavy atom. The smallest absolute Gasteiger partial charge is 0.0150 e. The van der Waals surface area contributed by atoms with Gasteiger partial charge >= 0.3 is 0 Å². The first kappa shape index (κ1) is 16.7. The lowest BCUT2D eigenvalue weighted by Crippen LogP contribution is -2.23. The first-order valence-corrected chi connectivity index (χ1v) is 7.63. The van der Waals surface area contributed by atoms with Crippen LogP contribution in [0.1, 0.15) is 80.6 Å². The highest BCUT2D eigenvalue weighted by molar-refractivity contribution is 5.13. The van der Waals surface area contributed by atoms with E-state index in [9.17, 15) is 0 Å². The molecule has 3 unspecified atom stereocenters. The molecule has 102 valence electrons. The van der Waals surface area contributed by atoms with Gasteiger partial charge in [0.25, 0.3) is 0 Å². The van der Waals surface area contributed by atoms with Gasteiger partial charge in [0.15, 0.2) is 0 Å². The van der Waals surface area contributed by atoms with Gasteiger partial charge < -0.3 is 0 Å². The van der Waals surface area contributed by atoms with Crippen molar-refractivity contribution in [3.05, 3.63) is 11.1 Å². The summed E-state index contributed by atoms with van der Waals surface area (Å²) in [5, 5.41) is 0. The van der Waals surface area contributed by atoms with Crippen LogP contribution in [0.15, 0.2) is 11.1 Å². The minimum absolute atomic E-state index is 0.807. The van der Waals surface area contributed by atoms with E-state index in [0.29, 0.717) is 0 Å². The molecule has 0 aromatic heterocycles. The topological polar surface area (TPSA) is 0 Å². The van der Waals surface area contributed by atoms with Gasteiger partial charge in [0.1, 0.15) is 0 Å². The van der Waals surface area contributed by atoms with Gasteiger partial charge in [-0.25, -0.2) is 0 Å². The second-order valence-electron chi connectivity index (χ2n) is 5.90. The molecule has 0 N–H and O–H groups in total. The van der Waals surface area contributed by atoms with Crippen LogP contribution in [0.25, 0.3) is 0 Å². The Kier molecular flexibility index (Phi) is 8.64. The number of hydrogen-bond donors (Lipinski definition) is 0. The van der Waals surface area contributed by atoms with E-state index in [4.69, 9.17) is 0 Å². The lowest BCUT2D eigenvalue weighted by Gasteiger charge is -2.33. The Balaban J connectivity index is 4.94. The summed E-state index contributed by atoms with van der Waals surface area (Å²) in [4.78, 5) is 0. The molecule has 0 heterocycles. The molecule has 0 aliphatic heterocycles. The summed E-state index contributed by atoms with van der Waals surface area (Å²) < 4.78 is 0. The zero-order chi connectivity index (χ0) is 13.4. The van der Waals surface area contributed by atoms with E-state index in [1.165, 1.54) is 37.7 Å². The van der Waals surface area contributed by atoms with E-state index in [1.54, 1.807) is 5.57 Å². The molecule has 0 rings (SSSR count). The average Bonchev–Trinajstić information content (AvgIpc) is 2.32. The minimum Gasteiger partial charge on any atom is -0.0772 e. The van der Waals surface area contributed by atoms with Gasteiger partial charge in [-0.1, -0.05) is 64.5 Å². The first-order valence-electron chi connectivity index (χ1n) is 7.63. The van der Waals surface area contributed by atoms with Crippen LogP contribution < -0.4 is 0 Å². The van der Waals surface area contributed by atoms with E-state index < -0.39 is 0 Å². The standard InChI is InChI=1S/C17H34/c1-8-11-12-16(10-3)17(14(6)9-2)15(7)13(4)5/h14,16-17H,8-12H2,1-7H3. The predicted octanol–water partition coefficient (Wildman–Crippen LogP) is 6.22. The second-order valence-corrected chi connectivity index (χ2v) is 5.90. The van der Waals surface area contributed by atoms with Crippen molar-refractivity contribution >= 4 is 0 Å². The van der Waals surface area contributed by atoms with E-state index in [-0.39, 0.29) is 0 Å². The summed E-state index contributed by atoms with van der Waals surface area (Å²) in [5.74, 6) is 2.52. The molecule has 0 spiro atoms. The first-order chi connectivity index (χ1) is 7.99. The molecule has 0 bridgehead atoms. The Morgan fingerprint density at radius 2 is 1.53 bits per heavy atom. The highest BCUT2D eigenvalue weighted by Gasteiger charge is 2.26. The number of hydrogen-bond acceptors (Lipinski definition) is 0. The molecule has 0 amide bonds. The predicted molar refractivity (Wildman–Crippen MR) is 80.3 cm³/mol. The molecule has 0 saturated heterocycles. The van der Waals surface area contributed by atoms with E-state index in [1.807, 2.05) is 0 Å². The fourth-order valence-corrected chi connectivity index (χ4v) is 2.94.